The van der Waals surface area contributed by atoms with E-state index in [2.05, 4.69) is 4.90 Å². The van der Waals surface area contributed by atoms with Crippen LogP contribution in [0.2, 0.25) is 10.0 Å². The number of carbonyl (C=O) groups is 1. The van der Waals surface area contributed by atoms with Gasteiger partial charge in [0.2, 0.25) is 0 Å². The van der Waals surface area contributed by atoms with Gasteiger partial charge in [0, 0.05) is 24.7 Å². The molecule has 2 aliphatic heterocycles. The molecule has 4 nitrogen and oxygen atoms in total. The predicted molar refractivity (Wildman–Crippen MR) is 86.0 cm³/mol. The Kier molecular flexibility index (Phi) is 4.29. The average molecular weight is 328 g/mol. The van der Waals surface area contributed by atoms with Crippen molar-refractivity contribution in [3.63, 3.8) is 0 Å². The third-order valence-electron chi connectivity index (χ3n) is 4.43. The molecule has 2 heterocycles. The van der Waals surface area contributed by atoms with Gasteiger partial charge < -0.3 is 10.6 Å². The molecule has 0 saturated carbocycles. The smallest absolute Gasteiger partial charge is 0.254 e. The van der Waals surface area contributed by atoms with E-state index in [4.69, 9.17) is 28.9 Å². The lowest BCUT2D eigenvalue weighted by Gasteiger charge is -2.23. The molecule has 114 valence electrons. The van der Waals surface area contributed by atoms with E-state index in [1.165, 1.54) is 12.8 Å². The molecular weight excluding hydrogens is 309 g/mol. The molecule has 0 bridgehead atoms. The van der Waals surface area contributed by atoms with Crippen molar-refractivity contribution in [2.75, 3.05) is 31.9 Å². The highest BCUT2D eigenvalue weighted by molar-refractivity contribution is 6.39. The molecule has 1 unspecified atom stereocenters. The minimum absolute atomic E-state index is 0.0134. The van der Waals surface area contributed by atoms with Crippen molar-refractivity contribution in [2.45, 2.75) is 25.3 Å². The standard InChI is InChI=1S/C15H19Cl2N3O/c16-12-7-10(8-13(17)14(12)18)15(21)20-6-3-11(9-20)19-4-1-2-5-19/h7-8,11H,1-6,9,18H2. The lowest BCUT2D eigenvalue weighted by Crippen LogP contribution is -2.37. The van der Waals surface area contributed by atoms with Crippen LogP contribution in [0, 0.1) is 0 Å². The zero-order valence-electron chi connectivity index (χ0n) is 11.8. The highest BCUT2D eigenvalue weighted by Gasteiger charge is 2.32. The van der Waals surface area contributed by atoms with Gasteiger partial charge in [0.05, 0.1) is 15.7 Å². The molecule has 1 aromatic rings. The van der Waals surface area contributed by atoms with Gasteiger partial charge >= 0.3 is 0 Å². The van der Waals surface area contributed by atoms with Crippen LogP contribution in [0.15, 0.2) is 12.1 Å². The molecule has 2 N–H and O–H groups in total. The molecule has 2 aliphatic rings. The summed E-state index contributed by atoms with van der Waals surface area (Å²) < 4.78 is 0. The number of amides is 1. The van der Waals surface area contributed by atoms with Crippen molar-refractivity contribution in [3.8, 4) is 0 Å². The van der Waals surface area contributed by atoms with Gasteiger partial charge in [0.1, 0.15) is 0 Å². The molecule has 6 heteroatoms. The van der Waals surface area contributed by atoms with E-state index in [0.717, 1.165) is 32.6 Å². The summed E-state index contributed by atoms with van der Waals surface area (Å²) in [6, 6.07) is 3.71. The zero-order chi connectivity index (χ0) is 15.0. The molecule has 3 rings (SSSR count). The summed E-state index contributed by atoms with van der Waals surface area (Å²) in [6.45, 7) is 3.90. The maximum atomic E-state index is 12.6. The summed E-state index contributed by atoms with van der Waals surface area (Å²) in [5.74, 6) is -0.0134. The van der Waals surface area contributed by atoms with Crippen molar-refractivity contribution >= 4 is 34.8 Å². The average Bonchev–Trinajstić information content (AvgIpc) is 3.13. The normalized spacial score (nSPS) is 23.0. The van der Waals surface area contributed by atoms with Gasteiger partial charge in [-0.15, -0.1) is 0 Å². The maximum Gasteiger partial charge on any atom is 0.254 e. The number of halogens is 2. The number of rotatable bonds is 2. The van der Waals surface area contributed by atoms with E-state index in [9.17, 15) is 4.79 Å². The number of nitrogen functional groups attached to an aromatic ring is 1. The van der Waals surface area contributed by atoms with Crippen LogP contribution < -0.4 is 5.73 Å². The number of hydrogen-bond donors (Lipinski definition) is 1. The Morgan fingerprint density at radius 1 is 1.14 bits per heavy atom. The fourth-order valence-electron chi connectivity index (χ4n) is 3.22. The Bertz CT molecular complexity index is 535. The van der Waals surface area contributed by atoms with Crippen LogP contribution >= 0.6 is 23.2 Å². The lowest BCUT2D eigenvalue weighted by molar-refractivity contribution is 0.0780. The first-order chi connectivity index (χ1) is 10.1. The largest absolute Gasteiger partial charge is 0.396 e. The summed E-state index contributed by atoms with van der Waals surface area (Å²) in [5, 5.41) is 0.669. The molecule has 1 atom stereocenters. The number of anilines is 1. The molecule has 0 spiro atoms. The van der Waals surface area contributed by atoms with Crippen molar-refractivity contribution in [1.82, 2.24) is 9.80 Å². The summed E-state index contributed by atoms with van der Waals surface area (Å²) >= 11 is 12.0. The number of nitrogens with two attached hydrogens (primary N) is 1. The molecular formula is C15H19Cl2N3O. The third kappa shape index (κ3) is 2.98. The fraction of sp³-hybridized carbons (Fsp3) is 0.533. The van der Waals surface area contributed by atoms with Crippen LogP contribution in [0.5, 0.6) is 0 Å². The SMILES string of the molecule is Nc1c(Cl)cc(C(=O)N2CCC(N3CCCC3)C2)cc1Cl. The minimum Gasteiger partial charge on any atom is -0.396 e. The summed E-state index contributed by atoms with van der Waals surface area (Å²) in [7, 11) is 0. The van der Waals surface area contributed by atoms with E-state index in [1.807, 2.05) is 4.90 Å². The Hall–Kier alpha value is -0.970. The molecule has 1 amide bonds. The lowest BCUT2D eigenvalue weighted by atomic mass is 10.2. The van der Waals surface area contributed by atoms with E-state index < -0.39 is 0 Å². The third-order valence-corrected chi connectivity index (χ3v) is 5.06. The highest BCUT2D eigenvalue weighted by atomic mass is 35.5. The van der Waals surface area contributed by atoms with E-state index in [-0.39, 0.29) is 5.91 Å². The van der Waals surface area contributed by atoms with Gasteiger partial charge in [-0.1, -0.05) is 23.2 Å². The molecule has 0 aromatic heterocycles. The topological polar surface area (TPSA) is 49.6 Å². The molecule has 2 fully saturated rings. The van der Waals surface area contributed by atoms with E-state index >= 15 is 0 Å². The van der Waals surface area contributed by atoms with Crippen LogP contribution in [0.25, 0.3) is 0 Å². The first-order valence-electron chi connectivity index (χ1n) is 7.34. The monoisotopic (exact) mass is 327 g/mol. The predicted octanol–water partition coefficient (Wildman–Crippen LogP) is 2.89. The van der Waals surface area contributed by atoms with Gasteiger partial charge in [0.15, 0.2) is 0 Å². The second kappa shape index (κ2) is 6.03. The fourth-order valence-corrected chi connectivity index (χ4v) is 3.71. The van der Waals surface area contributed by atoms with Crippen molar-refractivity contribution in [2.24, 2.45) is 0 Å². The second-order valence-corrected chi connectivity index (χ2v) is 6.60. The van der Waals surface area contributed by atoms with Gasteiger partial charge in [-0.25, -0.2) is 0 Å². The first kappa shape index (κ1) is 14.9. The highest BCUT2D eigenvalue weighted by Crippen LogP contribution is 2.30. The zero-order valence-corrected chi connectivity index (χ0v) is 13.3. The Labute approximate surface area is 134 Å². The first-order valence-corrected chi connectivity index (χ1v) is 8.09. The van der Waals surface area contributed by atoms with Crippen molar-refractivity contribution < 1.29 is 4.79 Å². The van der Waals surface area contributed by atoms with Gasteiger partial charge in [0.25, 0.3) is 5.91 Å². The number of carbonyl (C=O) groups excluding carboxylic acids is 1. The Morgan fingerprint density at radius 2 is 1.76 bits per heavy atom. The van der Waals surface area contributed by atoms with Gasteiger partial charge in [-0.05, 0) is 44.5 Å². The molecule has 0 aliphatic carbocycles. The Morgan fingerprint density at radius 3 is 2.38 bits per heavy atom. The van der Waals surface area contributed by atoms with Gasteiger partial charge in [-0.3, -0.25) is 9.69 Å². The van der Waals surface area contributed by atoms with Crippen LogP contribution in [-0.2, 0) is 0 Å². The number of hydrogen-bond acceptors (Lipinski definition) is 3. The number of likely N-dealkylation sites (tertiary alicyclic amines) is 2. The van der Waals surface area contributed by atoms with Gasteiger partial charge in [-0.2, -0.15) is 0 Å². The van der Waals surface area contributed by atoms with E-state index in [1.54, 1.807) is 12.1 Å². The summed E-state index contributed by atoms with van der Waals surface area (Å²) in [4.78, 5) is 17.0. The van der Waals surface area contributed by atoms with Crippen LogP contribution in [0.4, 0.5) is 5.69 Å². The van der Waals surface area contributed by atoms with Crippen molar-refractivity contribution in [1.29, 1.82) is 0 Å². The summed E-state index contributed by atoms with van der Waals surface area (Å²) in [6.07, 6.45) is 3.59. The number of benzene rings is 1. The molecule has 21 heavy (non-hydrogen) atoms. The summed E-state index contributed by atoms with van der Waals surface area (Å²) in [5.41, 5.74) is 6.55. The molecule has 1 aromatic carbocycles. The van der Waals surface area contributed by atoms with Crippen LogP contribution in [-0.4, -0.2) is 47.9 Å². The quantitative estimate of drug-likeness (QED) is 0.850. The second-order valence-electron chi connectivity index (χ2n) is 5.79. The molecule has 0 radical (unpaired) electrons. The maximum absolute atomic E-state index is 12.6. The van der Waals surface area contributed by atoms with Crippen LogP contribution in [0.1, 0.15) is 29.6 Å². The minimum atomic E-state index is -0.0134. The number of nitrogens with zero attached hydrogens (tertiary/aromatic N) is 2. The van der Waals surface area contributed by atoms with Crippen LogP contribution in [0.3, 0.4) is 0 Å². The van der Waals surface area contributed by atoms with E-state index in [0.29, 0.717) is 27.3 Å². The Balaban J connectivity index is 1.71. The van der Waals surface area contributed by atoms with Crippen molar-refractivity contribution in [3.05, 3.63) is 27.7 Å². The molecule has 2 saturated heterocycles.